The van der Waals surface area contributed by atoms with Crippen LogP contribution >= 0.6 is 0 Å². The molecule has 0 aliphatic rings. The highest BCUT2D eigenvalue weighted by atomic mass is 19.1. The van der Waals surface area contributed by atoms with Crippen LogP contribution in [-0.4, -0.2) is 26.6 Å². The van der Waals surface area contributed by atoms with Crippen molar-refractivity contribution in [1.29, 1.82) is 0 Å². The molecule has 38 heavy (non-hydrogen) atoms. The number of nitrogens with zero attached hydrogens (tertiary/aromatic N) is 2. The Bertz CT molecular complexity index is 1510. The van der Waals surface area contributed by atoms with Crippen LogP contribution in [0.2, 0.25) is 0 Å². The van der Waals surface area contributed by atoms with Gasteiger partial charge in [-0.15, -0.1) is 0 Å². The monoisotopic (exact) mass is 516 g/mol. The first kappa shape index (κ1) is 29.7. The molecule has 1 aromatic heterocycles. The van der Waals surface area contributed by atoms with Gasteiger partial charge in [-0.3, -0.25) is 4.79 Å². The van der Waals surface area contributed by atoms with Crippen molar-refractivity contribution in [2.75, 3.05) is 0 Å². The van der Waals surface area contributed by atoms with Crippen LogP contribution < -0.4 is 5.56 Å². The summed E-state index contributed by atoms with van der Waals surface area (Å²) in [6.07, 6.45) is 2.02. The Morgan fingerprint density at radius 3 is 2.21 bits per heavy atom. The number of aromatic carboxylic acids is 1. The van der Waals surface area contributed by atoms with Crippen LogP contribution in [0.15, 0.2) is 95.0 Å². The normalized spacial score (nSPS) is 11.7. The Morgan fingerprint density at radius 2 is 1.63 bits per heavy atom. The van der Waals surface area contributed by atoms with Gasteiger partial charge in [-0.2, -0.15) is 0 Å². The molecule has 4 aromatic rings. The highest BCUT2D eigenvalue weighted by Gasteiger charge is 2.21. The van der Waals surface area contributed by atoms with E-state index in [-0.39, 0.29) is 31.9 Å². The fraction of sp³-hybridized carbons (Fsp3) is 0.194. The molecule has 0 saturated heterocycles. The fourth-order valence-corrected chi connectivity index (χ4v) is 4.34. The first-order chi connectivity index (χ1) is 17.3. The average molecular weight is 517 g/mol. The van der Waals surface area contributed by atoms with Crippen molar-refractivity contribution in [3.8, 4) is 11.1 Å². The third kappa shape index (κ3) is 6.24. The van der Waals surface area contributed by atoms with E-state index >= 15 is 0 Å². The summed E-state index contributed by atoms with van der Waals surface area (Å²) in [5, 5.41) is 22.5. The first-order valence-corrected chi connectivity index (χ1v) is 11.3. The van der Waals surface area contributed by atoms with Crippen LogP contribution in [0.25, 0.3) is 11.1 Å². The summed E-state index contributed by atoms with van der Waals surface area (Å²) < 4.78 is 15.7. The number of hydrogen-bond donors (Lipinski definition) is 2. The minimum absolute atomic E-state index is 0. The van der Waals surface area contributed by atoms with Crippen molar-refractivity contribution in [3.63, 3.8) is 0 Å². The summed E-state index contributed by atoms with van der Waals surface area (Å²) in [5.74, 6) is -2.26. The zero-order valence-corrected chi connectivity index (χ0v) is 19.9. The van der Waals surface area contributed by atoms with Crippen molar-refractivity contribution in [2.45, 2.75) is 34.1 Å². The van der Waals surface area contributed by atoms with Crippen LogP contribution in [-0.2, 0) is 7.05 Å². The number of carbonyl (C=O) groups is 1. The van der Waals surface area contributed by atoms with Gasteiger partial charge in [0.25, 0.3) is 0 Å². The lowest BCUT2D eigenvalue weighted by atomic mass is 9.83. The standard InChI is InChI=1S/C29H25FN2O4.2CH4/c1-18-5-3-4-6-23(18)25(16-27(31-36)22-12-14-28(33)32(2)17-22)20-9-7-19(8-10-20)21-11-13-24(29(34)35)26(30)15-21;;/h3-15,17,25,36H,16H2,1-2H3,(H,34,35);2*1H4/b31-27+;;. The van der Waals surface area contributed by atoms with E-state index in [0.717, 1.165) is 22.3 Å². The van der Waals surface area contributed by atoms with Crippen molar-refractivity contribution >= 4 is 11.7 Å². The molecule has 6 nitrogen and oxygen atoms in total. The maximum absolute atomic E-state index is 14.2. The molecule has 0 aliphatic carbocycles. The number of benzene rings is 3. The molecule has 0 aliphatic heterocycles. The number of oxime groups is 1. The van der Waals surface area contributed by atoms with Gasteiger partial charge in [-0.25, -0.2) is 9.18 Å². The van der Waals surface area contributed by atoms with Crippen LogP contribution in [0.5, 0.6) is 0 Å². The molecular formula is C31H33FN2O4. The maximum atomic E-state index is 14.2. The topological polar surface area (TPSA) is 91.9 Å². The van der Waals surface area contributed by atoms with Gasteiger partial charge in [0.05, 0.1) is 11.3 Å². The van der Waals surface area contributed by atoms with Crippen LogP contribution in [0.4, 0.5) is 4.39 Å². The predicted molar refractivity (Wildman–Crippen MR) is 150 cm³/mol. The van der Waals surface area contributed by atoms with E-state index in [1.807, 2.05) is 55.5 Å². The molecule has 0 saturated carbocycles. The molecule has 4 rings (SSSR count). The number of carboxylic acids is 1. The largest absolute Gasteiger partial charge is 0.478 e. The Morgan fingerprint density at radius 1 is 0.974 bits per heavy atom. The molecule has 1 unspecified atom stereocenters. The minimum atomic E-state index is -1.31. The van der Waals surface area contributed by atoms with Gasteiger partial charge < -0.3 is 14.9 Å². The molecule has 1 atom stereocenters. The fourth-order valence-electron chi connectivity index (χ4n) is 4.34. The van der Waals surface area contributed by atoms with Gasteiger partial charge in [0, 0.05) is 37.2 Å². The summed E-state index contributed by atoms with van der Waals surface area (Å²) in [6.45, 7) is 2.02. The molecule has 0 fully saturated rings. The van der Waals surface area contributed by atoms with Gasteiger partial charge in [-0.1, -0.05) is 74.6 Å². The van der Waals surface area contributed by atoms with Crippen molar-refractivity contribution in [1.82, 2.24) is 4.57 Å². The number of hydrogen-bond acceptors (Lipinski definition) is 4. The lowest BCUT2D eigenvalue weighted by Crippen LogP contribution is -2.18. The molecule has 3 aromatic carbocycles. The number of halogens is 1. The maximum Gasteiger partial charge on any atom is 0.338 e. The Hall–Kier alpha value is -4.52. The molecule has 7 heteroatoms. The molecule has 0 amide bonds. The quantitative estimate of drug-likeness (QED) is 0.159. The van der Waals surface area contributed by atoms with Crippen molar-refractivity contribution in [3.05, 3.63) is 129 Å². The third-order valence-corrected chi connectivity index (χ3v) is 6.35. The second kappa shape index (κ2) is 12.6. The average Bonchev–Trinajstić information content (AvgIpc) is 2.87. The summed E-state index contributed by atoms with van der Waals surface area (Å²) in [6, 6.07) is 22.7. The van der Waals surface area contributed by atoms with Crippen LogP contribution in [0.1, 0.15) is 59.8 Å². The zero-order valence-electron chi connectivity index (χ0n) is 19.9. The SMILES string of the molecule is C.C.Cc1ccccc1C(C/C(=N\O)c1ccc(=O)n(C)c1)c1ccc(-c2ccc(C(=O)O)c(F)c2)cc1. The number of pyridine rings is 1. The van der Waals surface area contributed by atoms with Gasteiger partial charge in [0.1, 0.15) is 5.82 Å². The Labute approximate surface area is 222 Å². The second-order valence-electron chi connectivity index (χ2n) is 8.65. The van der Waals surface area contributed by atoms with Gasteiger partial charge in [-0.05, 0) is 52.9 Å². The lowest BCUT2D eigenvalue weighted by molar-refractivity contribution is 0.0692. The molecular weight excluding hydrogens is 483 g/mol. The zero-order chi connectivity index (χ0) is 25.8. The van der Waals surface area contributed by atoms with Crippen LogP contribution in [0.3, 0.4) is 0 Å². The van der Waals surface area contributed by atoms with Gasteiger partial charge >= 0.3 is 5.97 Å². The predicted octanol–water partition coefficient (Wildman–Crippen LogP) is 6.87. The highest BCUT2D eigenvalue weighted by molar-refractivity contribution is 6.00. The van der Waals surface area contributed by atoms with E-state index < -0.39 is 11.8 Å². The van der Waals surface area contributed by atoms with Gasteiger partial charge in [0.2, 0.25) is 5.56 Å². The molecule has 1 heterocycles. The summed E-state index contributed by atoms with van der Waals surface area (Å²) in [5.41, 5.74) is 4.97. The summed E-state index contributed by atoms with van der Waals surface area (Å²) in [7, 11) is 1.64. The van der Waals surface area contributed by atoms with Crippen molar-refractivity contribution in [2.24, 2.45) is 12.2 Å². The third-order valence-electron chi connectivity index (χ3n) is 6.35. The summed E-state index contributed by atoms with van der Waals surface area (Å²) >= 11 is 0. The lowest BCUT2D eigenvalue weighted by Gasteiger charge is -2.21. The van der Waals surface area contributed by atoms with E-state index in [1.54, 1.807) is 25.4 Å². The number of carboxylic acid groups (broad SMARTS) is 1. The van der Waals surface area contributed by atoms with E-state index in [9.17, 15) is 19.2 Å². The molecule has 2 N–H and O–H groups in total. The summed E-state index contributed by atoms with van der Waals surface area (Å²) in [4.78, 5) is 22.9. The number of aromatic nitrogens is 1. The first-order valence-electron chi connectivity index (χ1n) is 11.3. The second-order valence-corrected chi connectivity index (χ2v) is 8.65. The smallest absolute Gasteiger partial charge is 0.338 e. The van der Waals surface area contributed by atoms with Crippen LogP contribution in [0, 0.1) is 12.7 Å². The molecule has 198 valence electrons. The molecule has 0 spiro atoms. The Balaban J connectivity index is 0.00000253. The number of rotatable bonds is 7. The van der Waals surface area contributed by atoms with Gasteiger partial charge in [0.15, 0.2) is 0 Å². The molecule has 0 radical (unpaired) electrons. The number of aryl methyl sites for hydroxylation is 2. The van der Waals surface area contributed by atoms with Crippen molar-refractivity contribution < 1.29 is 19.5 Å². The van der Waals surface area contributed by atoms with E-state index in [2.05, 4.69) is 5.16 Å². The highest BCUT2D eigenvalue weighted by Crippen LogP contribution is 2.33. The minimum Gasteiger partial charge on any atom is -0.478 e. The molecule has 0 bridgehead atoms. The van der Waals surface area contributed by atoms with E-state index in [0.29, 0.717) is 23.3 Å². The Kier molecular flexibility index (Phi) is 9.88. The van der Waals surface area contributed by atoms with E-state index in [1.165, 1.54) is 22.8 Å². The van der Waals surface area contributed by atoms with E-state index in [4.69, 9.17) is 5.11 Å².